The maximum absolute atomic E-state index is 15.0. The van der Waals surface area contributed by atoms with Gasteiger partial charge in [0.05, 0.1) is 47.4 Å². The molecule has 1 saturated heterocycles. The Labute approximate surface area is 345 Å². The summed E-state index contributed by atoms with van der Waals surface area (Å²) in [6.45, 7) is 8.89. The highest BCUT2D eigenvalue weighted by Crippen LogP contribution is 2.58. The number of pyridine rings is 1. The number of allylic oxidation sites excluding steroid dienone is 2. The molecule has 3 fully saturated rings. The third kappa shape index (κ3) is 8.59. The third-order valence-electron chi connectivity index (χ3n) is 13.6. The molecule has 12 nitrogen and oxygen atoms in total. The lowest BCUT2D eigenvalue weighted by Crippen LogP contribution is -2.49. The molecular formula is C44H57F2N3O9S. The number of benzene rings is 1. The molecule has 0 unspecified atom stereocenters. The lowest BCUT2D eigenvalue weighted by atomic mass is 9.82. The zero-order valence-corrected chi connectivity index (χ0v) is 35.7. The van der Waals surface area contributed by atoms with E-state index in [1.54, 1.807) is 6.92 Å². The summed E-state index contributed by atoms with van der Waals surface area (Å²) >= 11 is 0. The average Bonchev–Trinajstić information content (AvgIpc) is 4.04. The smallest absolute Gasteiger partial charge is 0.307 e. The van der Waals surface area contributed by atoms with Gasteiger partial charge >= 0.3 is 5.97 Å². The number of ketones is 1. The molecule has 7 atom stereocenters. The molecule has 7 rings (SSSR count). The van der Waals surface area contributed by atoms with Gasteiger partial charge in [-0.2, -0.15) is 0 Å². The molecule has 59 heavy (non-hydrogen) atoms. The number of Topliss-reactive ketones (excluding diaryl/α,β-unsaturated/α-hetero) is 1. The minimum atomic E-state index is -4.01. The second-order valence-electron chi connectivity index (χ2n) is 18.7. The van der Waals surface area contributed by atoms with E-state index in [2.05, 4.69) is 4.72 Å². The van der Waals surface area contributed by atoms with Crippen LogP contribution in [0.1, 0.15) is 111 Å². The number of hydrogen-bond acceptors (Lipinski definition) is 10. The van der Waals surface area contributed by atoms with Crippen molar-refractivity contribution in [1.82, 2.24) is 14.6 Å². The van der Waals surface area contributed by atoms with E-state index in [0.29, 0.717) is 69.1 Å². The van der Waals surface area contributed by atoms with Gasteiger partial charge in [0.25, 0.3) is 5.92 Å². The van der Waals surface area contributed by atoms with E-state index in [0.717, 1.165) is 31.3 Å². The molecule has 2 saturated carbocycles. The van der Waals surface area contributed by atoms with E-state index in [1.165, 1.54) is 4.90 Å². The maximum atomic E-state index is 15.0. The van der Waals surface area contributed by atoms with Gasteiger partial charge < -0.3 is 19.1 Å². The number of nitrogens with zero attached hydrogens (tertiary/aromatic N) is 2. The Morgan fingerprint density at radius 1 is 1.08 bits per heavy atom. The number of ether oxygens (including phenoxy) is 3. The summed E-state index contributed by atoms with van der Waals surface area (Å²) < 4.78 is 74.7. The molecule has 2 aromatic rings. The predicted octanol–water partition coefficient (Wildman–Crippen LogP) is 6.87. The highest BCUT2D eigenvalue weighted by Gasteiger charge is 2.63. The van der Waals surface area contributed by atoms with Crippen molar-refractivity contribution in [2.24, 2.45) is 29.1 Å². The number of esters is 1. The van der Waals surface area contributed by atoms with Crippen molar-refractivity contribution in [1.29, 1.82) is 0 Å². The van der Waals surface area contributed by atoms with Gasteiger partial charge in [-0.1, -0.05) is 44.2 Å². The van der Waals surface area contributed by atoms with E-state index >= 15 is 0 Å². The number of nitrogens with one attached hydrogen (secondary N) is 1. The van der Waals surface area contributed by atoms with Crippen LogP contribution in [0, 0.1) is 29.1 Å². The van der Waals surface area contributed by atoms with Crippen LogP contribution in [0.15, 0.2) is 36.4 Å². The van der Waals surface area contributed by atoms with Crippen molar-refractivity contribution in [3.8, 4) is 11.6 Å². The first-order valence-corrected chi connectivity index (χ1v) is 22.5. The fraction of sp³-hybridized carbons (Fsp3) is 0.659. The standard InChI is InChI=1S/C44H57F2N3O9S/c1-26-12-7-8-13-28-23-44(28,40(53)48-59(54,55)42(5)17-18-42)24-35(50)34-21-29(57-38-31-15-10-9-14-30(31)37-33(47-38)16-11-19-56-37)25-49(34)39(52)32(27(2)20-26)22-36(51)58-41(3,4)43(6,45)46/h8-10,13-15,26-29,32,34H,7,11-12,16-25H2,1-6H3,(H,48,53)/b13-8-/t26-,27+,28+,29+,32-,34-,44+/m0/s1. The van der Waals surface area contributed by atoms with Gasteiger partial charge in [0, 0.05) is 30.5 Å². The molecule has 3 aliphatic heterocycles. The largest absolute Gasteiger partial charge is 0.491 e. The maximum Gasteiger partial charge on any atom is 0.307 e. The molecule has 0 radical (unpaired) electrons. The first-order valence-electron chi connectivity index (χ1n) is 21.0. The second-order valence-corrected chi connectivity index (χ2v) is 20.9. The number of aromatic nitrogens is 1. The lowest BCUT2D eigenvalue weighted by molar-refractivity contribution is -0.197. The van der Waals surface area contributed by atoms with Gasteiger partial charge in [0.1, 0.15) is 11.9 Å². The minimum absolute atomic E-state index is 0.0414. The van der Waals surface area contributed by atoms with Crippen LogP contribution in [-0.2, 0) is 40.4 Å². The quantitative estimate of drug-likeness (QED) is 0.209. The SMILES string of the molecule is C[C@H]1CC/C=C\[C@@H]2C[C@@]2(C(=O)NS(=O)(=O)C2(C)CC2)CC(=O)[C@@H]2C[C@@H](Oc3nc4c(c5ccccc35)OCCC4)CN2C(=O)[C@@H](CC(=O)OC(C)(C)C(C)(F)F)[C@H](C)C1. The van der Waals surface area contributed by atoms with Crippen molar-refractivity contribution in [2.45, 2.75) is 141 Å². The molecule has 2 amide bonds. The van der Waals surface area contributed by atoms with E-state index in [9.17, 15) is 36.4 Å². The van der Waals surface area contributed by atoms with Crippen molar-refractivity contribution in [2.75, 3.05) is 13.2 Å². The van der Waals surface area contributed by atoms with Gasteiger partial charge in [-0.3, -0.25) is 23.9 Å². The summed E-state index contributed by atoms with van der Waals surface area (Å²) in [6, 6.07) is 6.44. The highest BCUT2D eigenvalue weighted by molar-refractivity contribution is 7.91. The topological polar surface area (TPSA) is 158 Å². The summed E-state index contributed by atoms with van der Waals surface area (Å²) in [5.74, 6) is -6.74. The highest BCUT2D eigenvalue weighted by atomic mass is 32.2. The Kier molecular flexibility index (Phi) is 11.4. The van der Waals surface area contributed by atoms with E-state index < -0.39 is 85.7 Å². The Bertz CT molecular complexity index is 2150. The summed E-state index contributed by atoms with van der Waals surface area (Å²) in [7, 11) is -4.01. The molecule has 0 spiro atoms. The summed E-state index contributed by atoms with van der Waals surface area (Å²) in [4.78, 5) is 63.5. The zero-order valence-electron chi connectivity index (χ0n) is 34.9. The van der Waals surface area contributed by atoms with Crippen LogP contribution in [-0.4, -0.2) is 83.4 Å². The van der Waals surface area contributed by atoms with Crippen molar-refractivity contribution < 1.29 is 50.6 Å². The number of halogens is 2. The number of carbonyl (C=O) groups is 4. The van der Waals surface area contributed by atoms with Crippen LogP contribution < -0.4 is 14.2 Å². The zero-order chi connectivity index (χ0) is 42.7. The van der Waals surface area contributed by atoms with E-state index in [-0.39, 0.29) is 37.6 Å². The van der Waals surface area contributed by atoms with Crippen LogP contribution in [0.5, 0.6) is 11.6 Å². The molecule has 4 heterocycles. The number of fused-ring (bicyclic) bond motifs is 5. The molecular weight excluding hydrogens is 785 g/mol. The van der Waals surface area contributed by atoms with Gasteiger partial charge in [-0.05, 0) is 96.0 Å². The van der Waals surface area contributed by atoms with Gasteiger partial charge in [0.2, 0.25) is 27.7 Å². The number of alkyl halides is 2. The van der Waals surface area contributed by atoms with Crippen LogP contribution in [0.4, 0.5) is 8.78 Å². The molecule has 2 aliphatic carbocycles. The average molecular weight is 842 g/mol. The molecule has 1 N–H and O–H groups in total. The molecule has 1 aromatic carbocycles. The monoisotopic (exact) mass is 841 g/mol. The summed E-state index contributed by atoms with van der Waals surface area (Å²) in [6.07, 6.45) is 6.80. The molecule has 1 aromatic heterocycles. The number of carbonyl (C=O) groups excluding carboxylic acids is 4. The lowest BCUT2D eigenvalue weighted by Gasteiger charge is -2.34. The van der Waals surface area contributed by atoms with E-state index in [1.807, 2.05) is 50.3 Å². The number of aryl methyl sites for hydroxylation is 1. The minimum Gasteiger partial charge on any atom is -0.491 e. The van der Waals surface area contributed by atoms with Crippen molar-refractivity contribution in [3.63, 3.8) is 0 Å². The second kappa shape index (κ2) is 15.7. The number of amides is 2. The predicted molar refractivity (Wildman–Crippen MR) is 215 cm³/mol. The molecule has 15 heteroatoms. The first-order chi connectivity index (χ1) is 27.6. The summed E-state index contributed by atoms with van der Waals surface area (Å²) in [5, 5.41) is 1.52. The Morgan fingerprint density at radius 2 is 1.80 bits per heavy atom. The number of hydrogen-bond donors (Lipinski definition) is 1. The normalized spacial score (nSPS) is 30.4. The number of rotatable bonds is 9. The van der Waals surface area contributed by atoms with Crippen molar-refractivity contribution in [3.05, 3.63) is 42.1 Å². The Hall–Kier alpha value is -4.14. The van der Waals surface area contributed by atoms with Crippen LogP contribution >= 0.6 is 0 Å². The first kappa shape index (κ1) is 43.0. The fourth-order valence-electron chi connectivity index (χ4n) is 8.93. The van der Waals surface area contributed by atoms with E-state index in [4.69, 9.17) is 19.2 Å². The fourth-order valence-corrected chi connectivity index (χ4v) is 10.3. The van der Waals surface area contributed by atoms with Gasteiger partial charge in [-0.25, -0.2) is 22.2 Å². The van der Waals surface area contributed by atoms with Gasteiger partial charge in [-0.15, -0.1) is 0 Å². The van der Waals surface area contributed by atoms with Gasteiger partial charge in [0.15, 0.2) is 11.4 Å². The van der Waals surface area contributed by atoms with Crippen LogP contribution in [0.3, 0.4) is 0 Å². The Balaban J connectivity index is 1.24. The van der Waals surface area contributed by atoms with Crippen LogP contribution in [0.25, 0.3) is 10.8 Å². The molecule has 322 valence electrons. The van der Waals surface area contributed by atoms with Crippen LogP contribution in [0.2, 0.25) is 0 Å². The Morgan fingerprint density at radius 3 is 2.49 bits per heavy atom. The number of sulfonamides is 1. The molecule has 5 aliphatic rings. The summed E-state index contributed by atoms with van der Waals surface area (Å²) in [5.41, 5.74) is -2.74. The third-order valence-corrected chi connectivity index (χ3v) is 15.8. The van der Waals surface area contributed by atoms with Crippen molar-refractivity contribution >= 4 is 44.4 Å². The molecule has 0 bridgehead atoms.